The van der Waals surface area contributed by atoms with E-state index in [-0.39, 0.29) is 15.6 Å². The van der Waals surface area contributed by atoms with Gasteiger partial charge in [0.1, 0.15) is 5.02 Å². The predicted molar refractivity (Wildman–Crippen MR) is 67.2 cm³/mol. The van der Waals surface area contributed by atoms with Crippen molar-refractivity contribution in [3.05, 3.63) is 43.8 Å². The van der Waals surface area contributed by atoms with E-state index < -0.39 is 16.1 Å². The molecule has 8 heteroatoms. The van der Waals surface area contributed by atoms with Gasteiger partial charge in [-0.1, -0.05) is 17.7 Å². The minimum Gasteiger partial charge on any atom is -0.282 e. The number of carbonyl (C=O) groups excluding carboxylic acids is 2. The second kappa shape index (κ2) is 4.79. The van der Waals surface area contributed by atoms with Crippen molar-refractivity contribution in [2.75, 3.05) is 0 Å². The quantitative estimate of drug-likeness (QED) is 0.512. The van der Waals surface area contributed by atoms with Crippen LogP contribution < -0.4 is 5.32 Å². The first kappa shape index (κ1) is 12.6. The number of imide groups is 1. The van der Waals surface area contributed by atoms with Crippen molar-refractivity contribution in [3.63, 3.8) is 0 Å². The van der Waals surface area contributed by atoms with Gasteiger partial charge in [-0.25, -0.2) is 0 Å². The van der Waals surface area contributed by atoms with Crippen LogP contribution in [0.15, 0.2) is 23.1 Å². The Balaban J connectivity index is 2.38. The Morgan fingerprint density at radius 3 is 2.67 bits per heavy atom. The molecule has 0 bridgehead atoms. The topological polar surface area (TPSA) is 89.3 Å². The molecule has 6 nitrogen and oxygen atoms in total. The summed E-state index contributed by atoms with van der Waals surface area (Å²) in [5.74, 6) is -0.511. The van der Waals surface area contributed by atoms with Crippen molar-refractivity contribution in [2.45, 2.75) is 0 Å². The molecule has 0 atom stereocenters. The standard InChI is InChI=1S/C10H5ClN2O4S/c11-6-2-1-5(3-7(6)13(16)17)4-8-9(14)12-10(15)18-8/h1-4H,(H,12,14,15)/b8-4-. The van der Waals surface area contributed by atoms with Crippen LogP contribution in [0.2, 0.25) is 5.02 Å². The molecule has 18 heavy (non-hydrogen) atoms. The fourth-order valence-electron chi connectivity index (χ4n) is 1.33. The highest BCUT2D eigenvalue weighted by Gasteiger charge is 2.25. The van der Waals surface area contributed by atoms with Gasteiger partial charge in [-0.15, -0.1) is 0 Å². The number of carbonyl (C=O) groups is 2. The number of amides is 2. The van der Waals surface area contributed by atoms with E-state index >= 15 is 0 Å². The number of benzene rings is 1. The number of nitro benzene ring substituents is 1. The van der Waals surface area contributed by atoms with E-state index in [0.717, 1.165) is 11.8 Å². The van der Waals surface area contributed by atoms with E-state index in [2.05, 4.69) is 5.32 Å². The van der Waals surface area contributed by atoms with E-state index in [9.17, 15) is 19.7 Å². The molecule has 1 N–H and O–H groups in total. The zero-order valence-electron chi connectivity index (χ0n) is 8.68. The van der Waals surface area contributed by atoms with Crippen molar-refractivity contribution in [2.24, 2.45) is 0 Å². The zero-order chi connectivity index (χ0) is 13.3. The Morgan fingerprint density at radius 2 is 2.11 bits per heavy atom. The lowest BCUT2D eigenvalue weighted by Gasteiger charge is -1.98. The number of nitro groups is 1. The molecule has 1 saturated heterocycles. The third-order valence-corrected chi connectivity index (χ3v) is 3.24. The largest absolute Gasteiger partial charge is 0.290 e. The lowest BCUT2D eigenvalue weighted by molar-refractivity contribution is -0.384. The average molecular weight is 285 g/mol. The molecule has 0 unspecified atom stereocenters. The maximum Gasteiger partial charge on any atom is 0.290 e. The van der Waals surface area contributed by atoms with Gasteiger partial charge in [-0.05, 0) is 29.5 Å². The van der Waals surface area contributed by atoms with Crippen LogP contribution in [0.1, 0.15) is 5.56 Å². The lowest BCUT2D eigenvalue weighted by atomic mass is 10.2. The summed E-state index contributed by atoms with van der Waals surface area (Å²) < 4.78 is 0. The summed E-state index contributed by atoms with van der Waals surface area (Å²) in [4.78, 5) is 32.5. The monoisotopic (exact) mass is 284 g/mol. The molecule has 1 aromatic rings. The molecule has 0 aromatic heterocycles. The van der Waals surface area contributed by atoms with Crippen LogP contribution >= 0.6 is 23.4 Å². The Kier molecular flexibility index (Phi) is 3.35. The SMILES string of the molecule is O=C1NC(=O)/C(=C/c2ccc(Cl)c([N+](=O)[O-])c2)S1. The number of nitrogens with zero attached hydrogens (tertiary/aromatic N) is 1. The van der Waals surface area contributed by atoms with Crippen LogP contribution in [0.3, 0.4) is 0 Å². The first-order valence-electron chi connectivity index (χ1n) is 4.66. The van der Waals surface area contributed by atoms with Crippen molar-refractivity contribution >= 4 is 46.3 Å². The van der Waals surface area contributed by atoms with Crippen molar-refractivity contribution in [1.29, 1.82) is 0 Å². The molecule has 2 amide bonds. The fraction of sp³-hybridized carbons (Fsp3) is 0. The summed E-state index contributed by atoms with van der Waals surface area (Å²) in [5.41, 5.74) is 0.180. The smallest absolute Gasteiger partial charge is 0.282 e. The van der Waals surface area contributed by atoms with Crippen LogP contribution in [-0.4, -0.2) is 16.1 Å². The second-order valence-electron chi connectivity index (χ2n) is 3.32. The first-order valence-corrected chi connectivity index (χ1v) is 5.85. The minimum absolute atomic E-state index is 0.0155. The summed E-state index contributed by atoms with van der Waals surface area (Å²) in [7, 11) is 0. The Labute approximate surface area is 110 Å². The van der Waals surface area contributed by atoms with Gasteiger partial charge in [-0.3, -0.25) is 25.0 Å². The van der Waals surface area contributed by atoms with E-state index in [1.807, 2.05) is 0 Å². The molecule has 1 heterocycles. The molecule has 1 aliphatic rings. The van der Waals surface area contributed by atoms with Gasteiger partial charge in [0.2, 0.25) is 0 Å². The molecule has 1 aromatic carbocycles. The third kappa shape index (κ3) is 2.52. The van der Waals surface area contributed by atoms with Gasteiger partial charge < -0.3 is 0 Å². The first-order chi connectivity index (χ1) is 8.47. The molecule has 1 aliphatic heterocycles. The zero-order valence-corrected chi connectivity index (χ0v) is 10.2. The molecular weight excluding hydrogens is 280 g/mol. The Hall–Kier alpha value is -1.86. The van der Waals surface area contributed by atoms with Crippen molar-refractivity contribution in [1.82, 2.24) is 5.32 Å². The molecule has 1 fully saturated rings. The number of rotatable bonds is 2. The summed E-state index contributed by atoms with van der Waals surface area (Å²) >= 11 is 6.40. The van der Waals surface area contributed by atoms with Crippen LogP contribution in [0, 0.1) is 10.1 Å². The predicted octanol–water partition coefficient (Wildman–Crippen LogP) is 2.57. The molecular formula is C10H5ClN2O4S. The number of hydrogen-bond donors (Lipinski definition) is 1. The van der Waals surface area contributed by atoms with Crippen LogP contribution in [0.5, 0.6) is 0 Å². The molecule has 0 spiro atoms. The van der Waals surface area contributed by atoms with E-state index in [1.54, 1.807) is 0 Å². The maximum atomic E-state index is 11.3. The number of halogens is 1. The van der Waals surface area contributed by atoms with E-state index in [0.29, 0.717) is 5.56 Å². The molecule has 0 saturated carbocycles. The maximum absolute atomic E-state index is 11.3. The summed E-state index contributed by atoms with van der Waals surface area (Å²) in [6.45, 7) is 0. The Bertz CT molecular complexity index is 600. The van der Waals surface area contributed by atoms with E-state index in [4.69, 9.17) is 11.6 Å². The van der Waals surface area contributed by atoms with Crippen molar-refractivity contribution in [3.8, 4) is 0 Å². The molecule has 0 aliphatic carbocycles. The normalized spacial score (nSPS) is 17.1. The highest BCUT2D eigenvalue weighted by atomic mass is 35.5. The van der Waals surface area contributed by atoms with Crippen LogP contribution in [0.25, 0.3) is 6.08 Å². The fourth-order valence-corrected chi connectivity index (χ4v) is 2.20. The molecule has 2 rings (SSSR count). The molecule has 92 valence electrons. The second-order valence-corrected chi connectivity index (χ2v) is 4.74. The molecule has 0 radical (unpaired) electrons. The van der Waals surface area contributed by atoms with Gasteiger partial charge in [0.05, 0.1) is 9.83 Å². The van der Waals surface area contributed by atoms with Gasteiger partial charge in [-0.2, -0.15) is 0 Å². The number of thioether (sulfide) groups is 1. The number of nitrogens with one attached hydrogen (secondary N) is 1. The van der Waals surface area contributed by atoms with Gasteiger partial charge in [0.15, 0.2) is 0 Å². The lowest BCUT2D eigenvalue weighted by Crippen LogP contribution is -2.17. The average Bonchev–Trinajstić information content (AvgIpc) is 2.60. The Morgan fingerprint density at radius 1 is 1.39 bits per heavy atom. The number of hydrogen-bond acceptors (Lipinski definition) is 5. The third-order valence-electron chi connectivity index (χ3n) is 2.11. The van der Waals surface area contributed by atoms with E-state index in [1.165, 1.54) is 24.3 Å². The van der Waals surface area contributed by atoms with Gasteiger partial charge in [0.25, 0.3) is 16.8 Å². The van der Waals surface area contributed by atoms with Gasteiger partial charge in [0, 0.05) is 6.07 Å². The van der Waals surface area contributed by atoms with Crippen LogP contribution in [-0.2, 0) is 4.79 Å². The highest BCUT2D eigenvalue weighted by molar-refractivity contribution is 8.18. The summed E-state index contributed by atoms with van der Waals surface area (Å²) in [6, 6.07) is 4.14. The minimum atomic E-state index is -0.614. The van der Waals surface area contributed by atoms with Gasteiger partial charge >= 0.3 is 0 Å². The highest BCUT2D eigenvalue weighted by Crippen LogP contribution is 2.29. The van der Waals surface area contributed by atoms with Crippen molar-refractivity contribution < 1.29 is 14.5 Å². The summed E-state index contributed by atoms with van der Waals surface area (Å²) in [5, 5.41) is 12.3. The summed E-state index contributed by atoms with van der Waals surface area (Å²) in [6.07, 6.45) is 1.40. The van der Waals surface area contributed by atoms with Crippen LogP contribution in [0.4, 0.5) is 10.5 Å².